The largest absolute Gasteiger partial charge is 0.462 e. The molecule has 0 radical (unpaired) electrons. The van der Waals surface area contributed by atoms with Gasteiger partial charge in [0.15, 0.2) is 0 Å². The van der Waals surface area contributed by atoms with Gasteiger partial charge in [-0.15, -0.1) is 0 Å². The summed E-state index contributed by atoms with van der Waals surface area (Å²) in [6, 6.07) is 9.16. The number of rotatable bonds is 13. The number of carbonyl (C=O) groups excluding carboxylic acids is 5. The van der Waals surface area contributed by atoms with Gasteiger partial charge in [0.2, 0.25) is 11.3 Å². The van der Waals surface area contributed by atoms with Crippen molar-refractivity contribution >= 4 is 46.5 Å². The standard InChI is InChI=1S/C39H45FN4O10/c1-24(2)36(48)52-19-18-51-34(46)13-12-33(45)41-22-25-6-10-27(11-7-25)53-37(49)29-23-44(26-8-9-26)31-21-32(30(40)20-28(31)35(29)47)42-14-16-43(17-15-42)38(50)54-39(3,4)5/h6-7,10-11,20-21,23,26H,1,8-9,12-19,22H2,2-5H3,(H,41,45). The Kier molecular flexibility index (Phi) is 12.4. The van der Waals surface area contributed by atoms with Crippen molar-refractivity contribution in [2.45, 2.75) is 71.6 Å². The van der Waals surface area contributed by atoms with Crippen LogP contribution in [0.5, 0.6) is 5.75 Å². The molecule has 2 fully saturated rings. The lowest BCUT2D eigenvalue weighted by atomic mass is 10.1. The molecule has 1 saturated heterocycles. The number of nitrogens with one attached hydrogen (secondary N) is 1. The van der Waals surface area contributed by atoms with Gasteiger partial charge in [-0.2, -0.15) is 0 Å². The van der Waals surface area contributed by atoms with E-state index in [1.54, 1.807) is 43.9 Å². The van der Waals surface area contributed by atoms with Crippen molar-refractivity contribution in [2.75, 3.05) is 44.3 Å². The number of esters is 3. The Labute approximate surface area is 311 Å². The summed E-state index contributed by atoms with van der Waals surface area (Å²) < 4.78 is 38.3. The molecule has 1 aliphatic heterocycles. The fourth-order valence-electron chi connectivity index (χ4n) is 5.68. The maximum absolute atomic E-state index is 15.6. The first-order valence-corrected chi connectivity index (χ1v) is 17.8. The summed E-state index contributed by atoms with van der Waals surface area (Å²) in [5, 5.41) is 2.76. The van der Waals surface area contributed by atoms with Crippen LogP contribution in [0, 0.1) is 5.82 Å². The average Bonchev–Trinajstić information content (AvgIpc) is 3.97. The minimum Gasteiger partial charge on any atom is -0.462 e. The van der Waals surface area contributed by atoms with Crippen molar-refractivity contribution in [3.05, 3.63) is 81.9 Å². The molecule has 1 aliphatic carbocycles. The van der Waals surface area contributed by atoms with E-state index in [2.05, 4.69) is 11.9 Å². The number of piperazine rings is 1. The minimum absolute atomic E-state index is 0.0421. The number of hydrogen-bond acceptors (Lipinski definition) is 11. The van der Waals surface area contributed by atoms with Gasteiger partial charge in [0, 0.05) is 62.3 Å². The molecule has 0 atom stereocenters. The maximum atomic E-state index is 15.6. The monoisotopic (exact) mass is 748 g/mol. The molecule has 3 aromatic rings. The van der Waals surface area contributed by atoms with E-state index < -0.39 is 40.8 Å². The van der Waals surface area contributed by atoms with E-state index in [9.17, 15) is 28.8 Å². The highest BCUT2D eigenvalue weighted by Crippen LogP contribution is 2.38. The molecular weight excluding hydrogens is 703 g/mol. The van der Waals surface area contributed by atoms with Gasteiger partial charge in [0.25, 0.3) is 0 Å². The van der Waals surface area contributed by atoms with Crippen molar-refractivity contribution in [3.8, 4) is 5.75 Å². The van der Waals surface area contributed by atoms with Crippen LogP contribution in [0.3, 0.4) is 0 Å². The summed E-state index contributed by atoms with van der Waals surface area (Å²) in [5.41, 5.74) is 0.231. The average molecular weight is 749 g/mol. The van der Waals surface area contributed by atoms with Gasteiger partial charge in [-0.25, -0.2) is 18.8 Å². The second kappa shape index (κ2) is 16.9. The SMILES string of the molecule is C=C(C)C(=O)OCCOC(=O)CCC(=O)NCc1ccc(OC(=O)c2cn(C3CC3)c3cc(N4CCN(C(=O)OC(C)(C)C)CC4)c(F)cc3c2=O)cc1. The first kappa shape index (κ1) is 39.5. The molecule has 2 heterocycles. The molecule has 15 heteroatoms. The Bertz CT molecular complexity index is 1990. The molecule has 2 aromatic carbocycles. The van der Waals surface area contributed by atoms with E-state index in [1.807, 2.05) is 9.47 Å². The molecule has 1 saturated carbocycles. The molecule has 0 unspecified atom stereocenters. The molecular formula is C39H45FN4O10. The topological polar surface area (TPSA) is 163 Å². The minimum atomic E-state index is -0.888. The second-order valence-corrected chi connectivity index (χ2v) is 14.2. The van der Waals surface area contributed by atoms with Crippen LogP contribution in [0.4, 0.5) is 14.9 Å². The maximum Gasteiger partial charge on any atom is 0.410 e. The number of ether oxygens (including phenoxy) is 4. The van der Waals surface area contributed by atoms with Gasteiger partial charge >= 0.3 is 24.0 Å². The zero-order chi connectivity index (χ0) is 39.2. The quantitative estimate of drug-likeness (QED) is 0.0840. The van der Waals surface area contributed by atoms with Gasteiger partial charge < -0.3 is 38.6 Å². The van der Waals surface area contributed by atoms with E-state index in [0.29, 0.717) is 42.9 Å². The third-order valence-electron chi connectivity index (χ3n) is 8.64. The van der Waals surface area contributed by atoms with Crippen molar-refractivity contribution in [1.82, 2.24) is 14.8 Å². The van der Waals surface area contributed by atoms with Crippen molar-refractivity contribution in [3.63, 3.8) is 0 Å². The number of hydrogen-bond donors (Lipinski definition) is 1. The normalized spacial score (nSPS) is 14.3. The molecule has 5 rings (SSSR count). The highest BCUT2D eigenvalue weighted by atomic mass is 19.1. The van der Waals surface area contributed by atoms with Gasteiger partial charge in [0.05, 0.1) is 17.6 Å². The summed E-state index contributed by atoms with van der Waals surface area (Å²) >= 11 is 0. The lowest BCUT2D eigenvalue weighted by molar-refractivity contribution is -0.150. The number of amides is 2. The molecule has 1 aromatic heterocycles. The third kappa shape index (κ3) is 10.4. The number of benzene rings is 2. The Hall–Kier alpha value is -5.73. The van der Waals surface area contributed by atoms with Crippen LogP contribution < -0.4 is 20.4 Å². The number of nitrogens with zero attached hydrogens (tertiary/aromatic N) is 3. The Morgan fingerprint density at radius 3 is 2.24 bits per heavy atom. The van der Waals surface area contributed by atoms with E-state index in [4.69, 9.17) is 18.9 Å². The molecule has 288 valence electrons. The molecule has 54 heavy (non-hydrogen) atoms. The molecule has 0 spiro atoms. The first-order valence-electron chi connectivity index (χ1n) is 17.8. The van der Waals surface area contributed by atoms with Crippen molar-refractivity contribution < 1.29 is 47.3 Å². The lowest BCUT2D eigenvalue weighted by Gasteiger charge is -2.37. The number of fused-ring (bicyclic) bond motifs is 1. The Morgan fingerprint density at radius 2 is 1.61 bits per heavy atom. The highest BCUT2D eigenvalue weighted by molar-refractivity contribution is 5.96. The lowest BCUT2D eigenvalue weighted by Crippen LogP contribution is -2.50. The van der Waals surface area contributed by atoms with Crippen LogP contribution in [0.15, 0.2) is 59.5 Å². The third-order valence-corrected chi connectivity index (χ3v) is 8.64. The number of aromatic nitrogens is 1. The predicted molar refractivity (Wildman–Crippen MR) is 196 cm³/mol. The first-order chi connectivity index (χ1) is 25.6. The van der Waals surface area contributed by atoms with Crippen molar-refractivity contribution in [1.29, 1.82) is 0 Å². The van der Waals surface area contributed by atoms with E-state index in [0.717, 1.165) is 12.8 Å². The number of halogens is 1. The Balaban J connectivity index is 1.17. The zero-order valence-corrected chi connectivity index (χ0v) is 30.9. The molecule has 1 N–H and O–H groups in total. The summed E-state index contributed by atoms with van der Waals surface area (Å²) in [6.07, 6.45) is 2.47. The second-order valence-electron chi connectivity index (χ2n) is 14.2. The van der Waals surface area contributed by atoms with Gasteiger partial charge in [-0.1, -0.05) is 18.7 Å². The molecule has 2 aliphatic rings. The van der Waals surface area contributed by atoms with Crippen LogP contribution in [0.1, 0.15) is 75.3 Å². The van der Waals surface area contributed by atoms with E-state index in [-0.39, 0.29) is 66.8 Å². The number of carbonyl (C=O) groups is 5. The molecule has 2 amide bonds. The fourth-order valence-corrected chi connectivity index (χ4v) is 5.68. The summed E-state index contributed by atoms with van der Waals surface area (Å²) in [4.78, 5) is 78.3. The zero-order valence-electron chi connectivity index (χ0n) is 30.9. The van der Waals surface area contributed by atoms with Crippen molar-refractivity contribution in [2.24, 2.45) is 0 Å². The summed E-state index contributed by atoms with van der Waals surface area (Å²) in [7, 11) is 0. The van der Waals surface area contributed by atoms with Crippen LogP contribution in [-0.2, 0) is 35.1 Å². The van der Waals surface area contributed by atoms with Crippen LogP contribution in [-0.4, -0.2) is 84.4 Å². The Morgan fingerprint density at radius 1 is 0.944 bits per heavy atom. The number of pyridine rings is 1. The van der Waals surface area contributed by atoms with E-state index >= 15 is 4.39 Å². The van der Waals surface area contributed by atoms with Crippen LogP contribution >= 0.6 is 0 Å². The van der Waals surface area contributed by atoms with Gasteiger partial charge in [0.1, 0.15) is 35.9 Å². The van der Waals surface area contributed by atoms with Crippen LogP contribution in [0.2, 0.25) is 0 Å². The van der Waals surface area contributed by atoms with Crippen LogP contribution in [0.25, 0.3) is 10.9 Å². The molecule has 0 bridgehead atoms. The molecule has 14 nitrogen and oxygen atoms in total. The van der Waals surface area contributed by atoms with Gasteiger partial charge in [-0.3, -0.25) is 14.4 Å². The van der Waals surface area contributed by atoms with Gasteiger partial charge in [-0.05, 0) is 70.4 Å². The number of anilines is 1. The van der Waals surface area contributed by atoms with E-state index in [1.165, 1.54) is 31.3 Å². The predicted octanol–water partition coefficient (Wildman–Crippen LogP) is 4.81. The fraction of sp³-hybridized carbons (Fsp3) is 0.436. The summed E-state index contributed by atoms with van der Waals surface area (Å²) in [6.45, 7) is 11.7. The highest BCUT2D eigenvalue weighted by Gasteiger charge is 2.30. The summed E-state index contributed by atoms with van der Waals surface area (Å²) in [5.74, 6) is -2.92. The smallest absolute Gasteiger partial charge is 0.410 e.